The third kappa shape index (κ3) is 8.67. The SMILES string of the molecule is CCC(CC)C(=O)/C=C(\O)C(CC)CC.[CH2-][n+]1c(-c2[c-]c(CC(C)C)cc3c2oc2ncccc23)c[c]([Ge]([CH3])([CH3])[CH3])c2c3ccccc3ccc21.[Ir]. The number of hydrogen-bond acceptors (Lipinski definition) is 4. The first-order chi connectivity index (χ1) is 24.3. The van der Waals surface area contributed by atoms with Crippen LogP contribution in [0.5, 0.6) is 0 Å². The number of aliphatic hydroxyl groups is 1. The molecule has 5 nitrogen and oxygen atoms in total. The fourth-order valence-corrected chi connectivity index (χ4v) is 10.5. The molecule has 7 heteroatoms. The van der Waals surface area contributed by atoms with E-state index < -0.39 is 13.3 Å². The molecule has 0 saturated carbocycles. The van der Waals surface area contributed by atoms with Crippen molar-refractivity contribution in [3.8, 4) is 11.3 Å². The Morgan fingerprint density at radius 3 is 2.21 bits per heavy atom. The van der Waals surface area contributed by atoms with E-state index in [1.165, 1.54) is 32.2 Å². The molecule has 0 aliphatic carbocycles. The Morgan fingerprint density at radius 2 is 1.58 bits per heavy atom. The summed E-state index contributed by atoms with van der Waals surface area (Å²) in [6.07, 6.45) is 7.65. The molecule has 3 heterocycles. The number of allylic oxidation sites excluding steroid dienone is 2. The Hall–Kier alpha value is -3.45. The molecule has 6 rings (SSSR count). The molecule has 0 aliphatic rings. The van der Waals surface area contributed by atoms with Crippen LogP contribution in [0.3, 0.4) is 0 Å². The maximum absolute atomic E-state index is 11.7. The van der Waals surface area contributed by atoms with E-state index in [1.807, 2.05) is 33.8 Å². The normalized spacial score (nSPS) is 12.3. The average molecular weight is 937 g/mol. The molecule has 0 amide bonds. The zero-order valence-corrected chi connectivity index (χ0v) is 36.9. The maximum Gasteiger partial charge on any atom is 0 e. The smallest absolute Gasteiger partial charge is 0 e. The van der Waals surface area contributed by atoms with Crippen molar-refractivity contribution in [2.75, 3.05) is 0 Å². The Kier molecular flexibility index (Phi) is 14.0. The third-order valence-corrected chi connectivity index (χ3v) is 14.4. The Bertz CT molecular complexity index is 2200. The van der Waals surface area contributed by atoms with E-state index in [0.29, 0.717) is 11.6 Å². The van der Waals surface area contributed by atoms with Crippen molar-refractivity contribution in [1.82, 2.24) is 4.98 Å². The monoisotopic (exact) mass is 938 g/mol. The molecule has 0 atom stereocenters. The summed E-state index contributed by atoms with van der Waals surface area (Å²) in [4.78, 5) is 16.2. The first-order valence-corrected chi connectivity index (χ1v) is 26.1. The number of nitrogens with zero attached hydrogens (tertiary/aromatic N) is 2. The van der Waals surface area contributed by atoms with E-state index in [-0.39, 0.29) is 43.5 Å². The molecule has 3 aromatic carbocycles. The van der Waals surface area contributed by atoms with E-state index in [9.17, 15) is 9.90 Å². The van der Waals surface area contributed by atoms with Gasteiger partial charge in [-0.05, 0) is 25.7 Å². The van der Waals surface area contributed by atoms with Crippen LogP contribution in [0.25, 0.3) is 55.0 Å². The molecule has 1 N–H and O–H groups in total. The van der Waals surface area contributed by atoms with Crippen LogP contribution >= 0.6 is 0 Å². The zero-order chi connectivity index (χ0) is 37.0. The first-order valence-electron chi connectivity index (χ1n) is 18.7. The predicted molar refractivity (Wildman–Crippen MR) is 217 cm³/mol. The van der Waals surface area contributed by atoms with Gasteiger partial charge in [-0.25, -0.2) is 0 Å². The molecule has 3 aromatic heterocycles. The standard InChI is InChI=1S/C32H31GeN2O.C13H24O2.Ir/c1-20(2)16-21-17-25-24-12-9-15-34-32(24)36-31(25)26(18-21)29-19-27(33(3,4)5)30-23-11-8-7-10-22(23)13-14-28(30)35(29)6;1-5-10(6-2)12(14)9-13(15)11(7-3)8-4;/h7-15,17,19-20H,6,16H2,1-5H3;9-11,14H,5-8H2,1-4H3;/q-1;;/b;12-9-;. The van der Waals surface area contributed by atoms with Crippen molar-refractivity contribution in [3.05, 3.63) is 97.4 Å². The van der Waals surface area contributed by atoms with Gasteiger partial charge in [-0.2, -0.15) is 0 Å². The van der Waals surface area contributed by atoms with E-state index in [2.05, 4.69) is 108 Å². The summed E-state index contributed by atoms with van der Waals surface area (Å²) in [5.41, 5.74) is 5.85. The van der Waals surface area contributed by atoms with E-state index in [1.54, 1.807) is 6.20 Å². The van der Waals surface area contributed by atoms with Gasteiger partial charge in [0.25, 0.3) is 0 Å². The Balaban J connectivity index is 0.000000323. The number of carbonyl (C=O) groups excluding carboxylic acids is 1. The van der Waals surface area contributed by atoms with Crippen LogP contribution in [0.15, 0.2) is 83.1 Å². The van der Waals surface area contributed by atoms with Crippen LogP contribution in [-0.4, -0.2) is 29.1 Å². The number of aliphatic hydroxyl groups excluding tert-OH is 1. The number of pyridine rings is 2. The number of carbonyl (C=O) groups is 1. The number of ketones is 1. The van der Waals surface area contributed by atoms with Gasteiger partial charge in [-0.3, -0.25) is 4.79 Å². The van der Waals surface area contributed by atoms with E-state index in [0.717, 1.165) is 65.2 Å². The second-order valence-electron chi connectivity index (χ2n) is 15.3. The molecule has 0 spiro atoms. The summed E-state index contributed by atoms with van der Waals surface area (Å²) in [5.74, 6) is 8.47. The van der Waals surface area contributed by atoms with Gasteiger partial charge in [0.05, 0.1) is 5.76 Å². The Labute approximate surface area is 326 Å². The summed E-state index contributed by atoms with van der Waals surface area (Å²) in [6, 6.07) is 25.6. The topological polar surface area (TPSA) is 67.2 Å². The summed E-state index contributed by atoms with van der Waals surface area (Å²) in [5, 5.41) is 15.8. The van der Waals surface area contributed by atoms with Crippen molar-refractivity contribution in [1.29, 1.82) is 0 Å². The van der Waals surface area contributed by atoms with Gasteiger partial charge in [0, 0.05) is 38.0 Å². The number of rotatable bonds is 11. The van der Waals surface area contributed by atoms with Crippen molar-refractivity contribution in [2.24, 2.45) is 17.8 Å². The molecule has 0 unspecified atom stereocenters. The average Bonchev–Trinajstić information content (AvgIpc) is 3.47. The summed E-state index contributed by atoms with van der Waals surface area (Å²) < 4.78 is 9.95. The number of aromatic nitrogens is 2. The molecule has 0 aliphatic heterocycles. The quantitative estimate of drug-likeness (QED) is 0.0351. The number of fused-ring (bicyclic) bond motifs is 6. The van der Waals surface area contributed by atoms with Gasteiger partial charge in [0.1, 0.15) is 0 Å². The molecule has 0 fully saturated rings. The second-order valence-corrected chi connectivity index (χ2v) is 25.8. The van der Waals surface area contributed by atoms with Crippen molar-refractivity contribution in [2.45, 2.75) is 90.9 Å². The summed E-state index contributed by atoms with van der Waals surface area (Å²) in [6.45, 7) is 12.6. The summed E-state index contributed by atoms with van der Waals surface area (Å²) >= 11 is -2.32. The van der Waals surface area contributed by atoms with Gasteiger partial charge in [-0.1, -0.05) is 27.7 Å². The maximum atomic E-state index is 11.7. The van der Waals surface area contributed by atoms with Gasteiger partial charge in [-0.15, -0.1) is 0 Å². The van der Waals surface area contributed by atoms with Gasteiger partial charge < -0.3 is 5.11 Å². The summed E-state index contributed by atoms with van der Waals surface area (Å²) in [7, 11) is 4.57. The fourth-order valence-electron chi connectivity index (χ4n) is 7.20. The molecule has 52 heavy (non-hydrogen) atoms. The molecular weight excluding hydrogens is 881 g/mol. The third-order valence-electron chi connectivity index (χ3n) is 10.1. The van der Waals surface area contributed by atoms with Gasteiger partial charge in [0.2, 0.25) is 0 Å². The van der Waals surface area contributed by atoms with Crippen molar-refractivity contribution < 1.29 is 39.0 Å². The van der Waals surface area contributed by atoms with Crippen LogP contribution in [-0.2, 0) is 31.3 Å². The first kappa shape index (κ1) is 41.3. The van der Waals surface area contributed by atoms with E-state index >= 15 is 0 Å². The predicted octanol–water partition coefficient (Wildman–Crippen LogP) is 11.3. The molecule has 1 radical (unpaired) electrons. The van der Waals surface area contributed by atoms with E-state index in [4.69, 9.17) is 4.42 Å². The minimum Gasteiger partial charge on any atom is 0 e. The minimum atomic E-state index is -2.32. The molecular formula is C45H55GeIrN2O3-. The van der Waals surface area contributed by atoms with Crippen LogP contribution in [0.1, 0.15) is 72.8 Å². The van der Waals surface area contributed by atoms with Gasteiger partial charge >= 0.3 is 216 Å². The molecule has 6 aromatic rings. The van der Waals surface area contributed by atoms with Crippen LogP contribution in [0, 0.1) is 30.9 Å². The minimum absolute atomic E-state index is 0. The zero-order valence-electron chi connectivity index (χ0n) is 32.4. The van der Waals surface area contributed by atoms with Crippen LogP contribution in [0.4, 0.5) is 0 Å². The largest absolute Gasteiger partial charge is 0 e. The van der Waals surface area contributed by atoms with Gasteiger partial charge in [0.15, 0.2) is 5.78 Å². The number of benzene rings is 3. The number of furan rings is 1. The molecule has 277 valence electrons. The van der Waals surface area contributed by atoms with Crippen molar-refractivity contribution in [3.63, 3.8) is 0 Å². The van der Waals surface area contributed by atoms with Crippen LogP contribution < -0.4 is 8.96 Å². The fraction of sp³-hybridized carbons (Fsp3) is 0.378. The van der Waals surface area contributed by atoms with Crippen LogP contribution in [0.2, 0.25) is 17.3 Å². The molecule has 0 bridgehead atoms. The molecule has 0 saturated heterocycles. The Morgan fingerprint density at radius 1 is 0.923 bits per heavy atom. The second kappa shape index (κ2) is 17.6. The van der Waals surface area contributed by atoms with Crippen molar-refractivity contribution >= 4 is 67.2 Å². The number of hydrogen-bond donors (Lipinski definition) is 1.